The van der Waals surface area contributed by atoms with Crippen molar-refractivity contribution < 1.29 is 23.7 Å². The fourth-order valence-electron chi connectivity index (χ4n) is 3.02. The maximum absolute atomic E-state index is 12.4. The van der Waals surface area contributed by atoms with Crippen molar-refractivity contribution in [3.63, 3.8) is 0 Å². The molecule has 3 aromatic carbocycles. The zero-order chi connectivity index (χ0) is 21.3. The number of rotatable bonds is 5. The number of carbonyl (C=O) groups excluding carboxylic acids is 2. The molecule has 148 valence electrons. The summed E-state index contributed by atoms with van der Waals surface area (Å²) in [6, 6.07) is 17.4. The van der Waals surface area contributed by atoms with Crippen LogP contribution in [0.1, 0.15) is 20.7 Å². The van der Waals surface area contributed by atoms with Crippen LogP contribution in [0.15, 0.2) is 75.9 Å². The molecule has 30 heavy (non-hydrogen) atoms. The number of esters is 1. The summed E-state index contributed by atoms with van der Waals surface area (Å²) in [5, 5.41) is 12.9. The first kappa shape index (κ1) is 19.0. The van der Waals surface area contributed by atoms with Crippen molar-refractivity contribution in [1.29, 1.82) is 0 Å². The maximum Gasteiger partial charge on any atom is 0.351 e. The number of Topliss-reactive ketones (excluding diaryl/α,β-unsaturated/α-hetero) is 1. The average Bonchev–Trinajstić information content (AvgIpc) is 2.76. The molecule has 0 N–H and O–H groups in total. The van der Waals surface area contributed by atoms with Crippen LogP contribution in [0.25, 0.3) is 21.7 Å². The number of hydrogen-bond donors (Lipinski definition) is 0. The number of hydrogen-bond acceptors (Lipinski definition) is 7. The Bertz CT molecular complexity index is 1390. The van der Waals surface area contributed by atoms with E-state index in [0.29, 0.717) is 5.56 Å². The van der Waals surface area contributed by atoms with E-state index in [4.69, 9.17) is 9.15 Å². The van der Waals surface area contributed by atoms with Crippen LogP contribution in [-0.4, -0.2) is 23.3 Å². The van der Waals surface area contributed by atoms with Crippen molar-refractivity contribution in [1.82, 2.24) is 0 Å². The molecule has 0 saturated carbocycles. The molecule has 0 bridgehead atoms. The lowest BCUT2D eigenvalue weighted by atomic mass is 10.0. The molecule has 0 fully saturated rings. The first-order valence-electron chi connectivity index (χ1n) is 8.84. The van der Waals surface area contributed by atoms with E-state index < -0.39 is 34.5 Å². The predicted molar refractivity (Wildman–Crippen MR) is 108 cm³/mol. The normalized spacial score (nSPS) is 10.8. The second-order valence-corrected chi connectivity index (χ2v) is 6.49. The van der Waals surface area contributed by atoms with Gasteiger partial charge in [-0.05, 0) is 29.0 Å². The zero-order valence-electron chi connectivity index (χ0n) is 15.4. The smallest absolute Gasteiger partial charge is 0.351 e. The third kappa shape index (κ3) is 3.66. The second-order valence-electron chi connectivity index (χ2n) is 6.49. The summed E-state index contributed by atoms with van der Waals surface area (Å²) < 4.78 is 10.0. The Hall–Kier alpha value is -4.33. The van der Waals surface area contributed by atoms with E-state index in [2.05, 4.69) is 0 Å². The minimum atomic E-state index is -1.05. The van der Waals surface area contributed by atoms with Crippen LogP contribution in [0.5, 0.6) is 0 Å². The lowest BCUT2D eigenvalue weighted by molar-refractivity contribution is -0.384. The Kier molecular flexibility index (Phi) is 4.81. The Morgan fingerprint density at radius 2 is 1.70 bits per heavy atom. The molecule has 0 aliphatic heterocycles. The molecule has 0 atom stereocenters. The summed E-state index contributed by atoms with van der Waals surface area (Å²) in [4.78, 5) is 47.1. The summed E-state index contributed by atoms with van der Waals surface area (Å²) in [6.07, 6.45) is 0. The van der Waals surface area contributed by atoms with Crippen LogP contribution in [0.4, 0.5) is 5.69 Å². The summed E-state index contributed by atoms with van der Waals surface area (Å²) in [5.41, 5.74) is -1.17. The van der Waals surface area contributed by atoms with Gasteiger partial charge in [-0.15, -0.1) is 0 Å². The van der Waals surface area contributed by atoms with Gasteiger partial charge in [-0.3, -0.25) is 14.9 Å². The number of nitro benzene ring substituents is 1. The Labute approximate surface area is 168 Å². The van der Waals surface area contributed by atoms with E-state index >= 15 is 0 Å². The highest BCUT2D eigenvalue weighted by molar-refractivity contribution is 6.02. The molecular formula is C22H13NO7. The summed E-state index contributed by atoms with van der Waals surface area (Å²) in [6.45, 7) is -0.566. The number of non-ortho nitro benzene ring substituents is 1. The van der Waals surface area contributed by atoms with Crippen LogP contribution < -0.4 is 5.63 Å². The van der Waals surface area contributed by atoms with Crippen molar-refractivity contribution in [3.05, 3.63) is 98.4 Å². The number of benzene rings is 3. The van der Waals surface area contributed by atoms with Gasteiger partial charge in [0.1, 0.15) is 11.1 Å². The number of nitrogens with zero attached hydrogens (tertiary/aromatic N) is 1. The van der Waals surface area contributed by atoms with E-state index in [-0.39, 0.29) is 16.7 Å². The van der Waals surface area contributed by atoms with Crippen molar-refractivity contribution in [3.8, 4) is 0 Å². The third-order valence-corrected chi connectivity index (χ3v) is 4.55. The zero-order valence-corrected chi connectivity index (χ0v) is 15.4. The number of fused-ring (bicyclic) bond motifs is 2. The molecule has 0 aliphatic rings. The molecule has 0 amide bonds. The van der Waals surface area contributed by atoms with Crippen LogP contribution in [-0.2, 0) is 4.74 Å². The van der Waals surface area contributed by atoms with Gasteiger partial charge in [0.2, 0.25) is 0 Å². The van der Waals surface area contributed by atoms with Crippen LogP contribution in [0.2, 0.25) is 0 Å². The minimum absolute atomic E-state index is 0.0920. The molecule has 0 unspecified atom stereocenters. The van der Waals surface area contributed by atoms with Gasteiger partial charge in [0.05, 0.1) is 4.92 Å². The lowest BCUT2D eigenvalue weighted by Gasteiger charge is -2.06. The van der Waals surface area contributed by atoms with Gasteiger partial charge in [-0.25, -0.2) is 9.59 Å². The fraction of sp³-hybridized carbons (Fsp3) is 0.0455. The van der Waals surface area contributed by atoms with E-state index in [9.17, 15) is 24.5 Å². The van der Waals surface area contributed by atoms with Gasteiger partial charge < -0.3 is 9.15 Å². The summed E-state index contributed by atoms with van der Waals surface area (Å²) >= 11 is 0. The highest BCUT2D eigenvalue weighted by atomic mass is 16.6. The molecule has 0 saturated heterocycles. The molecule has 4 aromatic rings. The predicted octanol–water partition coefficient (Wildman–Crippen LogP) is 3.89. The first-order valence-corrected chi connectivity index (χ1v) is 8.84. The quantitative estimate of drug-likeness (QED) is 0.163. The van der Waals surface area contributed by atoms with Gasteiger partial charge in [0.15, 0.2) is 12.4 Å². The van der Waals surface area contributed by atoms with E-state index in [0.717, 1.165) is 16.8 Å². The first-order chi connectivity index (χ1) is 14.4. The molecule has 8 nitrogen and oxygen atoms in total. The number of carbonyl (C=O) groups is 2. The molecule has 0 aliphatic carbocycles. The molecule has 1 heterocycles. The van der Waals surface area contributed by atoms with Gasteiger partial charge >= 0.3 is 11.6 Å². The van der Waals surface area contributed by atoms with Gasteiger partial charge in [-0.1, -0.05) is 36.4 Å². The standard InChI is InChI=1S/C22H13NO7/c24-19(15-6-5-13-3-1-2-4-14(13)9-15)12-29-21(25)18-11-16-10-17(23(27)28)7-8-20(16)30-22(18)26/h1-11H,12H2. The minimum Gasteiger partial charge on any atom is -0.453 e. The Morgan fingerprint density at radius 1 is 0.933 bits per heavy atom. The fourth-order valence-corrected chi connectivity index (χ4v) is 3.02. The van der Waals surface area contributed by atoms with Gasteiger partial charge in [-0.2, -0.15) is 0 Å². The van der Waals surface area contributed by atoms with E-state index in [1.807, 2.05) is 24.3 Å². The van der Waals surface area contributed by atoms with Crippen molar-refractivity contribution in [2.45, 2.75) is 0 Å². The van der Waals surface area contributed by atoms with Crippen LogP contribution in [0.3, 0.4) is 0 Å². The highest BCUT2D eigenvalue weighted by Gasteiger charge is 2.18. The summed E-state index contributed by atoms with van der Waals surface area (Å²) in [5.74, 6) is -1.48. The molecule has 0 spiro atoms. The van der Waals surface area contributed by atoms with Gasteiger partial charge in [0, 0.05) is 23.1 Å². The number of ether oxygens (including phenoxy) is 1. The Morgan fingerprint density at radius 3 is 2.47 bits per heavy atom. The Balaban J connectivity index is 1.54. The van der Waals surface area contributed by atoms with Crippen molar-refractivity contribution in [2.24, 2.45) is 0 Å². The molecule has 8 heteroatoms. The topological polar surface area (TPSA) is 117 Å². The van der Waals surface area contributed by atoms with Gasteiger partial charge in [0.25, 0.3) is 5.69 Å². The van der Waals surface area contributed by atoms with Crippen LogP contribution in [0, 0.1) is 10.1 Å². The molecular weight excluding hydrogens is 390 g/mol. The largest absolute Gasteiger partial charge is 0.453 e. The average molecular weight is 403 g/mol. The lowest BCUT2D eigenvalue weighted by Crippen LogP contribution is -2.20. The van der Waals surface area contributed by atoms with Crippen molar-refractivity contribution in [2.75, 3.05) is 6.61 Å². The van der Waals surface area contributed by atoms with Crippen molar-refractivity contribution >= 4 is 39.2 Å². The summed E-state index contributed by atoms with van der Waals surface area (Å²) in [7, 11) is 0. The molecule has 0 radical (unpaired) electrons. The molecule has 4 rings (SSSR count). The third-order valence-electron chi connectivity index (χ3n) is 4.55. The second kappa shape index (κ2) is 7.59. The molecule has 1 aromatic heterocycles. The van der Waals surface area contributed by atoms with Crippen LogP contribution >= 0.6 is 0 Å². The van der Waals surface area contributed by atoms with E-state index in [1.165, 1.54) is 18.2 Å². The SMILES string of the molecule is O=C(COC(=O)c1cc2cc([N+](=O)[O-])ccc2oc1=O)c1ccc2ccccc2c1. The number of nitro groups is 1. The monoisotopic (exact) mass is 403 g/mol. The van der Waals surface area contributed by atoms with E-state index in [1.54, 1.807) is 18.2 Å². The number of ketones is 1. The highest BCUT2D eigenvalue weighted by Crippen LogP contribution is 2.21. The maximum atomic E-state index is 12.4.